The van der Waals surface area contributed by atoms with Crippen LogP contribution < -0.4 is 4.74 Å². The fourth-order valence-electron chi connectivity index (χ4n) is 1.67. The molecule has 0 radical (unpaired) electrons. The molecule has 92 valence electrons. The van der Waals surface area contributed by atoms with Crippen LogP contribution in [0.3, 0.4) is 0 Å². The lowest BCUT2D eigenvalue weighted by Crippen LogP contribution is -2.46. The third kappa shape index (κ3) is 2.11. The van der Waals surface area contributed by atoms with E-state index in [0.29, 0.717) is 0 Å². The van der Waals surface area contributed by atoms with Crippen LogP contribution in [0.4, 0.5) is 8.78 Å². The number of halogens is 4. The third-order valence-corrected chi connectivity index (χ3v) is 3.34. The Balaban J connectivity index is 2.49. The number of ketones is 1. The molecular formula is C11H8Cl2F2O2. The quantitative estimate of drug-likeness (QED) is 0.827. The number of carbonyl (C=O) groups excluding carboxylic acids is 1. The molecule has 0 fully saturated rings. The summed E-state index contributed by atoms with van der Waals surface area (Å²) >= 11 is 11.5. The molecule has 0 N–H and O–H groups in total. The molecule has 0 aliphatic carbocycles. The van der Waals surface area contributed by atoms with Crippen molar-refractivity contribution in [2.75, 3.05) is 13.3 Å². The molecule has 17 heavy (non-hydrogen) atoms. The Kier molecular flexibility index (Phi) is 3.27. The van der Waals surface area contributed by atoms with Gasteiger partial charge in [-0.1, -0.05) is 23.2 Å². The lowest BCUT2D eigenvalue weighted by Gasteiger charge is -2.33. The van der Waals surface area contributed by atoms with Crippen molar-refractivity contribution in [3.8, 4) is 5.75 Å². The van der Waals surface area contributed by atoms with E-state index >= 15 is 0 Å². The Morgan fingerprint density at radius 2 is 1.82 bits per heavy atom. The Morgan fingerprint density at radius 1 is 1.24 bits per heavy atom. The van der Waals surface area contributed by atoms with E-state index in [1.54, 1.807) is 0 Å². The zero-order valence-electron chi connectivity index (χ0n) is 8.60. The highest BCUT2D eigenvalue weighted by Crippen LogP contribution is 2.38. The van der Waals surface area contributed by atoms with Crippen molar-refractivity contribution in [2.45, 2.75) is 12.0 Å². The lowest BCUT2D eigenvalue weighted by molar-refractivity contribution is 0.00432. The first kappa shape index (κ1) is 12.6. The largest absolute Gasteiger partial charge is 0.480 e. The summed E-state index contributed by atoms with van der Waals surface area (Å²) in [6.45, 7) is -2.15. The summed E-state index contributed by atoms with van der Waals surface area (Å²) in [6.07, 6.45) is -0.342. The second-order valence-corrected chi connectivity index (χ2v) is 4.73. The smallest absolute Gasteiger partial charge is 0.172 e. The third-order valence-electron chi connectivity index (χ3n) is 2.62. The molecule has 0 bridgehead atoms. The molecule has 0 aromatic heterocycles. The first-order chi connectivity index (χ1) is 8.01. The minimum absolute atomic E-state index is 0.0750. The highest BCUT2D eigenvalue weighted by Gasteiger charge is 2.41. The number of hydrogen-bond donors (Lipinski definition) is 0. The van der Waals surface area contributed by atoms with E-state index in [1.807, 2.05) is 0 Å². The predicted molar refractivity (Wildman–Crippen MR) is 60.7 cm³/mol. The number of alkyl halides is 2. The molecular weight excluding hydrogens is 273 g/mol. The number of carbonyl (C=O) groups is 1. The normalized spacial score (nSPS) is 17.5. The number of rotatable bonds is 2. The highest BCUT2D eigenvalue weighted by atomic mass is 35.5. The molecule has 1 aromatic rings. The highest BCUT2D eigenvalue weighted by molar-refractivity contribution is 6.42. The van der Waals surface area contributed by atoms with E-state index in [9.17, 15) is 13.6 Å². The maximum Gasteiger partial charge on any atom is 0.172 e. The standard InChI is InChI=1S/C11H8Cl2F2O2/c12-7-1-6-9(16)3-11(4-14,5-15)17-10(6)2-8(7)13/h1-2H,3-5H2. The van der Waals surface area contributed by atoms with Crippen molar-refractivity contribution in [2.24, 2.45) is 0 Å². The Hall–Kier alpha value is -0.870. The molecule has 2 rings (SSSR count). The van der Waals surface area contributed by atoms with E-state index in [1.165, 1.54) is 12.1 Å². The van der Waals surface area contributed by atoms with E-state index in [2.05, 4.69) is 0 Å². The van der Waals surface area contributed by atoms with Crippen LogP contribution >= 0.6 is 23.2 Å². The van der Waals surface area contributed by atoms with E-state index in [-0.39, 0.29) is 27.8 Å². The Morgan fingerprint density at radius 3 is 2.41 bits per heavy atom. The minimum atomic E-state index is -1.72. The summed E-state index contributed by atoms with van der Waals surface area (Å²) < 4.78 is 30.8. The van der Waals surface area contributed by atoms with Crippen LogP contribution in [0.5, 0.6) is 5.75 Å². The average molecular weight is 281 g/mol. The fourth-order valence-corrected chi connectivity index (χ4v) is 1.99. The molecule has 0 atom stereocenters. The van der Waals surface area contributed by atoms with E-state index < -0.39 is 24.7 Å². The van der Waals surface area contributed by atoms with Gasteiger partial charge in [0.05, 0.1) is 22.0 Å². The topological polar surface area (TPSA) is 26.3 Å². The van der Waals surface area contributed by atoms with Gasteiger partial charge in [0.2, 0.25) is 0 Å². The van der Waals surface area contributed by atoms with Crippen molar-refractivity contribution < 1.29 is 18.3 Å². The van der Waals surface area contributed by atoms with Crippen LogP contribution in [-0.2, 0) is 0 Å². The van der Waals surface area contributed by atoms with Gasteiger partial charge in [-0.15, -0.1) is 0 Å². The summed E-state index contributed by atoms with van der Waals surface area (Å²) in [7, 11) is 0. The molecule has 0 saturated heterocycles. The molecule has 0 unspecified atom stereocenters. The van der Waals surface area contributed by atoms with Crippen molar-refractivity contribution in [1.82, 2.24) is 0 Å². The van der Waals surface area contributed by atoms with Gasteiger partial charge in [0, 0.05) is 6.07 Å². The Bertz CT molecular complexity index is 473. The predicted octanol–water partition coefficient (Wildman–Crippen LogP) is 3.64. The number of ether oxygens (including phenoxy) is 1. The zero-order chi connectivity index (χ0) is 12.6. The van der Waals surface area contributed by atoms with Gasteiger partial charge in [0.15, 0.2) is 11.4 Å². The molecule has 6 heteroatoms. The summed E-state index contributed by atoms with van der Waals surface area (Å²) in [5.41, 5.74) is -1.52. The van der Waals surface area contributed by atoms with Crippen molar-refractivity contribution in [3.05, 3.63) is 27.7 Å². The average Bonchev–Trinajstić information content (AvgIpc) is 2.31. The Labute approximate surface area is 106 Å². The molecule has 2 nitrogen and oxygen atoms in total. The monoisotopic (exact) mass is 280 g/mol. The summed E-state index contributed by atoms with van der Waals surface area (Å²) in [5.74, 6) is -0.328. The number of benzene rings is 1. The van der Waals surface area contributed by atoms with Gasteiger partial charge < -0.3 is 4.74 Å². The molecule has 1 aliphatic heterocycles. The van der Waals surface area contributed by atoms with Crippen molar-refractivity contribution >= 4 is 29.0 Å². The first-order valence-corrected chi connectivity index (χ1v) is 5.60. The minimum Gasteiger partial charge on any atom is -0.480 e. The SMILES string of the molecule is O=C1CC(CF)(CF)Oc2cc(Cl)c(Cl)cc21. The lowest BCUT2D eigenvalue weighted by atomic mass is 9.92. The van der Waals surface area contributed by atoms with Crippen LogP contribution in [-0.4, -0.2) is 24.7 Å². The first-order valence-electron chi connectivity index (χ1n) is 4.84. The van der Waals surface area contributed by atoms with Gasteiger partial charge in [0.1, 0.15) is 19.1 Å². The van der Waals surface area contributed by atoms with Crippen molar-refractivity contribution in [3.63, 3.8) is 0 Å². The van der Waals surface area contributed by atoms with Gasteiger partial charge >= 0.3 is 0 Å². The molecule has 0 amide bonds. The van der Waals surface area contributed by atoms with Gasteiger partial charge in [-0.3, -0.25) is 4.79 Å². The molecule has 0 saturated carbocycles. The van der Waals surface area contributed by atoms with Gasteiger partial charge in [-0.05, 0) is 6.07 Å². The zero-order valence-corrected chi connectivity index (χ0v) is 10.1. The summed E-state index contributed by atoms with van der Waals surface area (Å²) in [4.78, 5) is 11.8. The van der Waals surface area contributed by atoms with Crippen LogP contribution in [0, 0.1) is 0 Å². The van der Waals surface area contributed by atoms with Crippen molar-refractivity contribution in [1.29, 1.82) is 0 Å². The van der Waals surface area contributed by atoms with E-state index in [0.717, 1.165) is 0 Å². The summed E-state index contributed by atoms with van der Waals surface area (Å²) in [5, 5.41) is 0.377. The van der Waals surface area contributed by atoms with Crippen LogP contribution in [0.25, 0.3) is 0 Å². The van der Waals surface area contributed by atoms with E-state index in [4.69, 9.17) is 27.9 Å². The maximum absolute atomic E-state index is 12.8. The number of Topliss-reactive ketones (excluding diaryl/α,β-unsaturated/α-hetero) is 1. The fraction of sp³-hybridized carbons (Fsp3) is 0.364. The number of hydrogen-bond acceptors (Lipinski definition) is 2. The van der Waals surface area contributed by atoms with Gasteiger partial charge in [0.25, 0.3) is 0 Å². The molecule has 1 heterocycles. The van der Waals surface area contributed by atoms with Crippen LogP contribution in [0.15, 0.2) is 12.1 Å². The summed E-state index contributed by atoms with van der Waals surface area (Å²) in [6, 6.07) is 2.65. The van der Waals surface area contributed by atoms with Gasteiger partial charge in [-0.2, -0.15) is 0 Å². The van der Waals surface area contributed by atoms with Crippen LogP contribution in [0.1, 0.15) is 16.8 Å². The van der Waals surface area contributed by atoms with Gasteiger partial charge in [-0.25, -0.2) is 8.78 Å². The second kappa shape index (κ2) is 4.42. The second-order valence-electron chi connectivity index (χ2n) is 3.91. The molecule has 1 aliphatic rings. The van der Waals surface area contributed by atoms with Crippen LogP contribution in [0.2, 0.25) is 10.0 Å². The molecule has 1 aromatic carbocycles. The maximum atomic E-state index is 12.8. The number of fused-ring (bicyclic) bond motifs is 1. The molecule has 0 spiro atoms.